The molecule has 0 saturated carbocycles. The monoisotopic (exact) mass is 301 g/mol. The van der Waals surface area contributed by atoms with Gasteiger partial charge in [0.15, 0.2) is 0 Å². The molecule has 0 spiro atoms. The molecule has 6 heteroatoms. The SMILES string of the molecule is Cc1ccc(Nc2c3c(cc(=O)n2C)CCNC3=O)c(F)c1. The molecule has 2 N–H and O–H groups in total. The van der Waals surface area contributed by atoms with E-state index < -0.39 is 5.82 Å². The topological polar surface area (TPSA) is 63.1 Å². The third-order valence-electron chi connectivity index (χ3n) is 3.81. The number of carbonyl (C=O) groups is 1. The number of hydrogen-bond acceptors (Lipinski definition) is 3. The summed E-state index contributed by atoms with van der Waals surface area (Å²) >= 11 is 0. The number of hydrogen-bond donors (Lipinski definition) is 2. The third-order valence-corrected chi connectivity index (χ3v) is 3.81. The lowest BCUT2D eigenvalue weighted by atomic mass is 10.0. The molecule has 1 aromatic heterocycles. The maximum Gasteiger partial charge on any atom is 0.255 e. The molecule has 1 amide bonds. The predicted octanol–water partition coefficient (Wildman–Crippen LogP) is 1.86. The number of halogens is 1. The van der Waals surface area contributed by atoms with E-state index in [0.717, 1.165) is 5.56 Å². The minimum absolute atomic E-state index is 0.229. The van der Waals surface area contributed by atoms with Crippen molar-refractivity contribution >= 4 is 17.4 Å². The summed E-state index contributed by atoms with van der Waals surface area (Å²) in [5.74, 6) is -0.379. The highest BCUT2D eigenvalue weighted by molar-refractivity contribution is 6.01. The van der Waals surface area contributed by atoms with E-state index >= 15 is 0 Å². The molecule has 1 aliphatic rings. The van der Waals surface area contributed by atoms with Gasteiger partial charge in [-0.05, 0) is 36.6 Å². The Bertz CT molecular complexity index is 827. The fourth-order valence-corrected chi connectivity index (χ4v) is 2.59. The number of fused-ring (bicyclic) bond motifs is 1. The van der Waals surface area contributed by atoms with Crippen molar-refractivity contribution in [3.05, 3.63) is 57.1 Å². The normalized spacial score (nSPS) is 13.5. The average molecular weight is 301 g/mol. The Balaban J connectivity index is 2.15. The van der Waals surface area contributed by atoms with Crippen molar-refractivity contribution in [3.63, 3.8) is 0 Å². The maximum atomic E-state index is 14.0. The second-order valence-electron chi connectivity index (χ2n) is 5.40. The molecule has 0 radical (unpaired) electrons. The quantitative estimate of drug-likeness (QED) is 0.890. The lowest BCUT2D eigenvalue weighted by molar-refractivity contribution is 0.0946. The van der Waals surface area contributed by atoms with Crippen molar-refractivity contribution in [1.82, 2.24) is 9.88 Å². The van der Waals surface area contributed by atoms with Crippen LogP contribution in [0.4, 0.5) is 15.9 Å². The number of aromatic nitrogens is 1. The van der Waals surface area contributed by atoms with Crippen molar-refractivity contribution in [2.45, 2.75) is 13.3 Å². The zero-order valence-electron chi connectivity index (χ0n) is 12.4. The van der Waals surface area contributed by atoms with Gasteiger partial charge >= 0.3 is 0 Å². The number of anilines is 2. The van der Waals surface area contributed by atoms with Gasteiger partial charge in [0.1, 0.15) is 11.6 Å². The third kappa shape index (κ3) is 2.36. The van der Waals surface area contributed by atoms with E-state index in [4.69, 9.17) is 0 Å². The van der Waals surface area contributed by atoms with E-state index in [1.54, 1.807) is 26.1 Å². The van der Waals surface area contributed by atoms with Crippen molar-refractivity contribution in [2.75, 3.05) is 11.9 Å². The fourth-order valence-electron chi connectivity index (χ4n) is 2.59. The van der Waals surface area contributed by atoms with E-state index in [-0.39, 0.29) is 17.2 Å². The number of rotatable bonds is 2. The smallest absolute Gasteiger partial charge is 0.255 e. The fraction of sp³-hybridized carbons (Fsp3) is 0.250. The zero-order valence-corrected chi connectivity index (χ0v) is 12.4. The average Bonchev–Trinajstić information content (AvgIpc) is 2.46. The predicted molar refractivity (Wildman–Crippen MR) is 82.1 cm³/mol. The highest BCUT2D eigenvalue weighted by Gasteiger charge is 2.24. The molecule has 0 saturated heterocycles. The molecule has 5 nitrogen and oxygen atoms in total. The second-order valence-corrected chi connectivity index (χ2v) is 5.40. The van der Waals surface area contributed by atoms with E-state index in [2.05, 4.69) is 10.6 Å². The highest BCUT2D eigenvalue weighted by atomic mass is 19.1. The minimum Gasteiger partial charge on any atom is -0.352 e. The van der Waals surface area contributed by atoms with Crippen molar-refractivity contribution in [3.8, 4) is 0 Å². The summed E-state index contributed by atoms with van der Waals surface area (Å²) in [5.41, 5.74) is 1.87. The first-order valence-corrected chi connectivity index (χ1v) is 7.01. The summed E-state index contributed by atoms with van der Waals surface area (Å²) in [4.78, 5) is 24.2. The maximum absolute atomic E-state index is 14.0. The Morgan fingerprint density at radius 3 is 2.77 bits per heavy atom. The van der Waals surface area contributed by atoms with Gasteiger partial charge in [0.2, 0.25) is 0 Å². The van der Waals surface area contributed by atoms with E-state index in [1.807, 2.05) is 0 Å². The van der Waals surface area contributed by atoms with Crippen LogP contribution in [0.3, 0.4) is 0 Å². The van der Waals surface area contributed by atoms with Gasteiger partial charge in [-0.2, -0.15) is 0 Å². The molecule has 1 aliphatic heterocycles. The van der Waals surface area contributed by atoms with E-state index in [1.165, 1.54) is 16.7 Å². The standard InChI is InChI=1S/C16H16FN3O2/c1-9-3-4-12(11(17)7-9)19-15-14-10(5-6-18-16(14)22)8-13(21)20(15)2/h3-4,7-8,19H,5-6H2,1-2H3,(H,18,22). The van der Waals surface area contributed by atoms with Gasteiger partial charge in [0, 0.05) is 19.7 Å². The number of aryl methyl sites for hydroxylation is 1. The summed E-state index contributed by atoms with van der Waals surface area (Å²) < 4.78 is 15.4. The molecular weight excluding hydrogens is 285 g/mol. The highest BCUT2D eigenvalue weighted by Crippen LogP contribution is 2.26. The van der Waals surface area contributed by atoms with Crippen molar-refractivity contribution in [2.24, 2.45) is 7.05 Å². The van der Waals surface area contributed by atoms with Gasteiger partial charge in [-0.25, -0.2) is 4.39 Å². The molecule has 0 bridgehead atoms. The lowest BCUT2D eigenvalue weighted by Crippen LogP contribution is -2.36. The van der Waals surface area contributed by atoms with Gasteiger partial charge in [0.25, 0.3) is 11.5 Å². The van der Waals surface area contributed by atoms with Crippen molar-refractivity contribution in [1.29, 1.82) is 0 Å². The summed E-state index contributed by atoms with van der Waals surface area (Å²) in [5, 5.41) is 5.64. The van der Waals surface area contributed by atoms with Crippen LogP contribution in [0.2, 0.25) is 0 Å². The van der Waals surface area contributed by atoms with Crippen LogP contribution in [-0.4, -0.2) is 17.0 Å². The number of nitrogens with zero attached hydrogens (tertiary/aromatic N) is 1. The first-order valence-electron chi connectivity index (χ1n) is 7.01. The number of carbonyl (C=O) groups excluding carboxylic acids is 1. The number of benzene rings is 1. The van der Waals surface area contributed by atoms with Crippen LogP contribution in [0.15, 0.2) is 29.1 Å². The van der Waals surface area contributed by atoms with Gasteiger partial charge < -0.3 is 10.6 Å². The summed E-state index contributed by atoms with van der Waals surface area (Å²) in [7, 11) is 1.55. The van der Waals surface area contributed by atoms with Crippen LogP contribution in [0, 0.1) is 12.7 Å². The summed E-state index contributed by atoms with van der Waals surface area (Å²) in [6.45, 7) is 2.29. The number of nitrogens with one attached hydrogen (secondary N) is 2. The first-order chi connectivity index (χ1) is 10.5. The molecule has 0 fully saturated rings. The molecule has 0 aliphatic carbocycles. The van der Waals surface area contributed by atoms with Crippen LogP contribution < -0.4 is 16.2 Å². The summed E-state index contributed by atoms with van der Waals surface area (Å²) in [6.07, 6.45) is 0.586. The molecule has 3 rings (SSSR count). The van der Waals surface area contributed by atoms with Crippen molar-refractivity contribution < 1.29 is 9.18 Å². The largest absolute Gasteiger partial charge is 0.352 e. The Morgan fingerprint density at radius 2 is 2.05 bits per heavy atom. The molecule has 2 aromatic rings. The van der Waals surface area contributed by atoms with Crippen LogP contribution in [0.25, 0.3) is 0 Å². The van der Waals surface area contributed by atoms with E-state index in [9.17, 15) is 14.0 Å². The zero-order chi connectivity index (χ0) is 15.9. The molecule has 22 heavy (non-hydrogen) atoms. The lowest BCUT2D eigenvalue weighted by Gasteiger charge is -2.22. The number of amides is 1. The van der Waals surface area contributed by atoms with Crippen LogP contribution >= 0.6 is 0 Å². The second kappa shape index (κ2) is 5.29. The molecule has 1 aromatic carbocycles. The summed E-state index contributed by atoms with van der Waals surface area (Å²) in [6, 6.07) is 6.22. The van der Waals surface area contributed by atoms with Gasteiger partial charge in [-0.15, -0.1) is 0 Å². The van der Waals surface area contributed by atoms with Crippen LogP contribution in [0.5, 0.6) is 0 Å². The molecule has 0 atom stereocenters. The Morgan fingerprint density at radius 1 is 1.27 bits per heavy atom. The minimum atomic E-state index is -0.429. The number of pyridine rings is 1. The Hall–Kier alpha value is -2.63. The van der Waals surface area contributed by atoms with E-state index in [0.29, 0.717) is 29.9 Å². The van der Waals surface area contributed by atoms with Gasteiger partial charge in [0.05, 0.1) is 11.3 Å². The van der Waals surface area contributed by atoms with Crippen LogP contribution in [0.1, 0.15) is 21.5 Å². The molecule has 2 heterocycles. The van der Waals surface area contributed by atoms with Crippen LogP contribution in [-0.2, 0) is 13.5 Å². The van der Waals surface area contributed by atoms with Gasteiger partial charge in [-0.3, -0.25) is 14.2 Å². The molecular formula is C16H16FN3O2. The Kier molecular flexibility index (Phi) is 3.44. The first kappa shape index (κ1) is 14.3. The Labute approximate surface area is 126 Å². The molecule has 0 unspecified atom stereocenters. The molecule has 114 valence electrons. The van der Waals surface area contributed by atoms with Gasteiger partial charge in [-0.1, -0.05) is 6.07 Å².